The Morgan fingerprint density at radius 3 is 2.05 bits per heavy atom. The highest BCUT2D eigenvalue weighted by Gasteiger charge is 2.66. The van der Waals surface area contributed by atoms with Crippen LogP contribution in [0.3, 0.4) is 0 Å². The third-order valence-corrected chi connectivity index (χ3v) is 4.57. The summed E-state index contributed by atoms with van der Waals surface area (Å²) < 4.78 is 0. The Morgan fingerprint density at radius 1 is 1.10 bits per heavy atom. The Kier molecular flexibility index (Phi) is 4.11. The first-order valence-corrected chi connectivity index (χ1v) is 7.35. The van der Waals surface area contributed by atoms with Crippen molar-refractivity contribution in [2.45, 2.75) is 20.8 Å². The van der Waals surface area contributed by atoms with E-state index in [1.165, 1.54) is 0 Å². The van der Waals surface area contributed by atoms with Gasteiger partial charge in [0.25, 0.3) is 0 Å². The van der Waals surface area contributed by atoms with Gasteiger partial charge < -0.3 is 20.2 Å². The maximum Gasteiger partial charge on any atom is 0.317 e. The number of piperazine rings is 1. The molecule has 21 heavy (non-hydrogen) atoms. The van der Waals surface area contributed by atoms with Crippen molar-refractivity contribution in [3.8, 4) is 0 Å². The fourth-order valence-corrected chi connectivity index (χ4v) is 3.15. The van der Waals surface area contributed by atoms with E-state index < -0.39 is 23.2 Å². The molecule has 7 heteroatoms. The lowest BCUT2D eigenvalue weighted by molar-refractivity contribution is -0.142. The highest BCUT2D eigenvalue weighted by molar-refractivity contribution is 5.91. The first kappa shape index (κ1) is 15.6. The molecule has 0 aromatic heterocycles. The minimum Gasteiger partial charge on any atom is -0.481 e. The summed E-state index contributed by atoms with van der Waals surface area (Å²) >= 11 is 0. The largest absolute Gasteiger partial charge is 0.481 e. The molecule has 2 fully saturated rings. The topological polar surface area (TPSA) is 90.0 Å². The van der Waals surface area contributed by atoms with Crippen LogP contribution in [0.4, 0.5) is 4.79 Å². The summed E-state index contributed by atoms with van der Waals surface area (Å²) in [4.78, 5) is 38.7. The molecule has 118 valence electrons. The van der Waals surface area contributed by atoms with Gasteiger partial charge in [-0.3, -0.25) is 9.59 Å². The number of hydrogen-bond acceptors (Lipinski definition) is 3. The number of carbonyl (C=O) groups is 3. The van der Waals surface area contributed by atoms with E-state index in [2.05, 4.69) is 5.32 Å². The van der Waals surface area contributed by atoms with Crippen molar-refractivity contribution in [1.82, 2.24) is 15.1 Å². The predicted octanol–water partition coefficient (Wildman–Crippen LogP) is 0.217. The molecule has 1 saturated heterocycles. The standard InChI is InChI=1S/C14H23N3O4/c1-4-15-13(21)17-7-5-16(6-8-17)11(18)9-10(12(19)20)14(9,2)3/h9-10H,4-8H2,1-3H3,(H,15,21)(H,19,20). The van der Waals surface area contributed by atoms with Gasteiger partial charge in [-0.25, -0.2) is 4.79 Å². The van der Waals surface area contributed by atoms with Crippen LogP contribution in [0, 0.1) is 17.3 Å². The number of urea groups is 1. The first-order chi connectivity index (χ1) is 9.80. The number of hydrogen-bond donors (Lipinski definition) is 2. The van der Waals surface area contributed by atoms with E-state index in [0.717, 1.165) is 0 Å². The molecule has 1 saturated carbocycles. The fraction of sp³-hybridized carbons (Fsp3) is 0.786. The van der Waals surface area contributed by atoms with E-state index >= 15 is 0 Å². The molecule has 2 N–H and O–H groups in total. The molecule has 0 aromatic rings. The number of rotatable bonds is 3. The summed E-state index contributed by atoms with van der Waals surface area (Å²) in [5, 5.41) is 11.9. The van der Waals surface area contributed by atoms with Gasteiger partial charge in [-0.2, -0.15) is 0 Å². The molecule has 0 radical (unpaired) electrons. The second kappa shape index (κ2) is 5.54. The summed E-state index contributed by atoms with van der Waals surface area (Å²) in [6.07, 6.45) is 0. The zero-order chi connectivity index (χ0) is 15.8. The number of amides is 3. The van der Waals surface area contributed by atoms with Crippen molar-refractivity contribution in [2.75, 3.05) is 32.7 Å². The third kappa shape index (κ3) is 2.82. The van der Waals surface area contributed by atoms with Crippen LogP contribution in [0.5, 0.6) is 0 Å². The minimum atomic E-state index is -0.903. The molecule has 0 spiro atoms. The number of carboxylic acids is 1. The summed E-state index contributed by atoms with van der Waals surface area (Å²) in [5.74, 6) is -2.03. The van der Waals surface area contributed by atoms with Crippen LogP contribution in [-0.4, -0.2) is 65.5 Å². The van der Waals surface area contributed by atoms with Crippen molar-refractivity contribution < 1.29 is 19.5 Å². The van der Waals surface area contributed by atoms with Gasteiger partial charge in [0.2, 0.25) is 5.91 Å². The highest BCUT2D eigenvalue weighted by atomic mass is 16.4. The highest BCUT2D eigenvalue weighted by Crippen LogP contribution is 2.59. The monoisotopic (exact) mass is 297 g/mol. The van der Waals surface area contributed by atoms with E-state index in [0.29, 0.717) is 32.7 Å². The molecule has 3 amide bonds. The molecular weight excluding hydrogens is 274 g/mol. The lowest BCUT2D eigenvalue weighted by Gasteiger charge is -2.35. The third-order valence-electron chi connectivity index (χ3n) is 4.57. The van der Waals surface area contributed by atoms with Crippen molar-refractivity contribution in [1.29, 1.82) is 0 Å². The Morgan fingerprint density at radius 2 is 1.62 bits per heavy atom. The van der Waals surface area contributed by atoms with Gasteiger partial charge in [0.1, 0.15) is 0 Å². The number of nitrogens with zero attached hydrogens (tertiary/aromatic N) is 2. The van der Waals surface area contributed by atoms with Crippen LogP contribution in [-0.2, 0) is 9.59 Å². The fourth-order valence-electron chi connectivity index (χ4n) is 3.15. The Hall–Kier alpha value is -1.79. The Balaban J connectivity index is 1.90. The lowest BCUT2D eigenvalue weighted by atomic mass is 10.1. The average molecular weight is 297 g/mol. The van der Waals surface area contributed by atoms with Crippen LogP contribution in [0.1, 0.15) is 20.8 Å². The molecule has 2 aliphatic rings. The van der Waals surface area contributed by atoms with Crippen LogP contribution in [0.25, 0.3) is 0 Å². The number of aliphatic carboxylic acids is 1. The van der Waals surface area contributed by atoms with Gasteiger partial charge in [0.15, 0.2) is 0 Å². The number of carboxylic acid groups (broad SMARTS) is 1. The van der Waals surface area contributed by atoms with Crippen molar-refractivity contribution in [3.05, 3.63) is 0 Å². The zero-order valence-corrected chi connectivity index (χ0v) is 12.8. The van der Waals surface area contributed by atoms with Gasteiger partial charge in [0.05, 0.1) is 11.8 Å². The first-order valence-electron chi connectivity index (χ1n) is 7.35. The molecule has 0 bridgehead atoms. The quantitative estimate of drug-likeness (QED) is 0.779. The summed E-state index contributed by atoms with van der Waals surface area (Å²) in [5.41, 5.74) is -0.473. The molecule has 1 aliphatic heterocycles. The van der Waals surface area contributed by atoms with Crippen LogP contribution in [0.15, 0.2) is 0 Å². The van der Waals surface area contributed by atoms with E-state index in [1.807, 2.05) is 20.8 Å². The smallest absolute Gasteiger partial charge is 0.317 e. The summed E-state index contributed by atoms with van der Waals surface area (Å²) in [7, 11) is 0. The average Bonchev–Trinajstić information content (AvgIpc) is 3.01. The van der Waals surface area contributed by atoms with Crippen LogP contribution in [0.2, 0.25) is 0 Å². The number of carbonyl (C=O) groups excluding carboxylic acids is 2. The van der Waals surface area contributed by atoms with Gasteiger partial charge >= 0.3 is 12.0 Å². The molecule has 2 atom stereocenters. The van der Waals surface area contributed by atoms with E-state index in [9.17, 15) is 14.4 Å². The van der Waals surface area contributed by atoms with Crippen LogP contribution >= 0.6 is 0 Å². The molecular formula is C14H23N3O4. The lowest BCUT2D eigenvalue weighted by Crippen LogP contribution is -2.53. The number of nitrogens with one attached hydrogen (secondary N) is 1. The SMILES string of the molecule is CCNC(=O)N1CCN(C(=O)C2C(C(=O)O)C2(C)C)CC1. The normalized spacial score (nSPS) is 27.2. The predicted molar refractivity (Wildman–Crippen MR) is 75.6 cm³/mol. The summed E-state index contributed by atoms with van der Waals surface area (Å²) in [6, 6.07) is -0.111. The molecule has 2 rings (SSSR count). The van der Waals surface area contributed by atoms with Crippen molar-refractivity contribution in [3.63, 3.8) is 0 Å². The molecule has 1 heterocycles. The molecule has 7 nitrogen and oxygen atoms in total. The van der Waals surface area contributed by atoms with E-state index in [1.54, 1.807) is 9.80 Å². The maximum absolute atomic E-state index is 12.4. The van der Waals surface area contributed by atoms with Crippen molar-refractivity contribution >= 4 is 17.9 Å². The second-order valence-electron chi connectivity index (χ2n) is 6.26. The minimum absolute atomic E-state index is 0.0945. The Labute approximate surface area is 124 Å². The zero-order valence-electron chi connectivity index (χ0n) is 12.8. The second-order valence-corrected chi connectivity index (χ2v) is 6.26. The van der Waals surface area contributed by atoms with Gasteiger partial charge in [0, 0.05) is 32.7 Å². The Bertz CT molecular complexity index is 455. The van der Waals surface area contributed by atoms with Crippen molar-refractivity contribution in [2.24, 2.45) is 17.3 Å². The van der Waals surface area contributed by atoms with Gasteiger partial charge in [-0.05, 0) is 12.3 Å². The summed E-state index contributed by atoms with van der Waals surface area (Å²) in [6.45, 7) is 7.99. The van der Waals surface area contributed by atoms with Gasteiger partial charge in [-0.1, -0.05) is 13.8 Å². The maximum atomic E-state index is 12.4. The molecule has 0 aromatic carbocycles. The molecule has 2 unspecified atom stereocenters. The van der Waals surface area contributed by atoms with E-state index in [-0.39, 0.29) is 11.9 Å². The van der Waals surface area contributed by atoms with Gasteiger partial charge in [-0.15, -0.1) is 0 Å². The van der Waals surface area contributed by atoms with E-state index in [4.69, 9.17) is 5.11 Å². The van der Waals surface area contributed by atoms with Crippen LogP contribution < -0.4 is 5.32 Å². The molecule has 1 aliphatic carbocycles.